The smallest absolute Gasteiger partial charge is 0.224 e. The van der Waals surface area contributed by atoms with Crippen molar-refractivity contribution < 1.29 is 9.90 Å². The van der Waals surface area contributed by atoms with Crippen LogP contribution in [0.4, 0.5) is 0 Å². The number of aliphatic hydroxyl groups is 1. The lowest BCUT2D eigenvalue weighted by molar-refractivity contribution is -0.120. The van der Waals surface area contributed by atoms with Gasteiger partial charge in [-0.25, -0.2) is 0 Å². The molecule has 15 heavy (non-hydrogen) atoms. The Morgan fingerprint density at radius 1 is 1.53 bits per heavy atom. The van der Waals surface area contributed by atoms with E-state index in [4.69, 9.17) is 5.11 Å². The van der Waals surface area contributed by atoms with E-state index in [-0.39, 0.29) is 12.5 Å². The summed E-state index contributed by atoms with van der Waals surface area (Å²) >= 11 is 0. The Morgan fingerprint density at radius 3 is 2.67 bits per heavy atom. The van der Waals surface area contributed by atoms with E-state index in [0.29, 0.717) is 13.0 Å². The Hall–Kier alpha value is -1.36. The standard InChI is InChI=1S/C10H17N3O2/c1-7-9(8(2)13(3)12-7)6-10(15)11-4-5-14/h14H,4-6H2,1-3H3,(H,11,15). The molecule has 5 heteroatoms. The lowest BCUT2D eigenvalue weighted by Gasteiger charge is -2.03. The van der Waals surface area contributed by atoms with Crippen LogP contribution in [-0.4, -0.2) is 33.9 Å². The van der Waals surface area contributed by atoms with Gasteiger partial charge in [-0.05, 0) is 13.8 Å². The number of carbonyl (C=O) groups excluding carboxylic acids is 1. The average Bonchev–Trinajstić information content (AvgIpc) is 2.42. The molecule has 0 saturated carbocycles. The van der Waals surface area contributed by atoms with Crippen molar-refractivity contribution in [2.24, 2.45) is 7.05 Å². The quantitative estimate of drug-likeness (QED) is 0.717. The number of hydrogen-bond acceptors (Lipinski definition) is 3. The molecule has 2 N–H and O–H groups in total. The summed E-state index contributed by atoms with van der Waals surface area (Å²) in [7, 11) is 1.86. The van der Waals surface area contributed by atoms with Gasteiger partial charge in [-0.3, -0.25) is 9.48 Å². The molecule has 0 aliphatic heterocycles. The molecule has 5 nitrogen and oxygen atoms in total. The van der Waals surface area contributed by atoms with Gasteiger partial charge < -0.3 is 10.4 Å². The lowest BCUT2D eigenvalue weighted by atomic mass is 10.1. The van der Waals surface area contributed by atoms with Crippen LogP contribution in [0.25, 0.3) is 0 Å². The molecule has 0 aliphatic carbocycles. The minimum Gasteiger partial charge on any atom is -0.395 e. The van der Waals surface area contributed by atoms with Crippen molar-refractivity contribution in [2.45, 2.75) is 20.3 Å². The molecule has 0 aromatic carbocycles. The van der Waals surface area contributed by atoms with Crippen LogP contribution in [0.5, 0.6) is 0 Å². The van der Waals surface area contributed by atoms with E-state index >= 15 is 0 Å². The molecule has 0 aliphatic rings. The summed E-state index contributed by atoms with van der Waals surface area (Å²) in [6.45, 7) is 4.10. The van der Waals surface area contributed by atoms with Gasteiger partial charge in [-0.2, -0.15) is 5.10 Å². The van der Waals surface area contributed by atoms with Crippen molar-refractivity contribution in [1.29, 1.82) is 0 Å². The van der Waals surface area contributed by atoms with Crippen molar-refractivity contribution in [2.75, 3.05) is 13.2 Å². The number of amides is 1. The maximum absolute atomic E-state index is 11.4. The second-order valence-corrected chi connectivity index (χ2v) is 3.52. The fourth-order valence-electron chi connectivity index (χ4n) is 1.49. The highest BCUT2D eigenvalue weighted by Crippen LogP contribution is 2.12. The lowest BCUT2D eigenvalue weighted by Crippen LogP contribution is -2.28. The molecule has 1 amide bonds. The number of hydrogen-bond donors (Lipinski definition) is 2. The molecule has 84 valence electrons. The topological polar surface area (TPSA) is 67.2 Å². The number of rotatable bonds is 4. The fourth-order valence-corrected chi connectivity index (χ4v) is 1.49. The summed E-state index contributed by atoms with van der Waals surface area (Å²) in [5.74, 6) is -0.0803. The molecular weight excluding hydrogens is 194 g/mol. The Labute approximate surface area is 89.1 Å². The predicted molar refractivity (Wildman–Crippen MR) is 56.5 cm³/mol. The zero-order chi connectivity index (χ0) is 11.4. The van der Waals surface area contributed by atoms with Crippen molar-refractivity contribution in [3.8, 4) is 0 Å². The van der Waals surface area contributed by atoms with Crippen molar-refractivity contribution in [1.82, 2.24) is 15.1 Å². The van der Waals surface area contributed by atoms with Gasteiger partial charge in [0.2, 0.25) is 5.91 Å². The third-order valence-corrected chi connectivity index (χ3v) is 2.43. The van der Waals surface area contributed by atoms with Crippen molar-refractivity contribution >= 4 is 5.91 Å². The van der Waals surface area contributed by atoms with Crippen LogP contribution < -0.4 is 5.32 Å². The maximum atomic E-state index is 11.4. The molecule has 1 aromatic rings. The first-order valence-electron chi connectivity index (χ1n) is 4.93. The molecule has 0 radical (unpaired) electrons. The summed E-state index contributed by atoms with van der Waals surface area (Å²) in [6.07, 6.45) is 0.325. The van der Waals surface area contributed by atoms with Crippen LogP contribution in [-0.2, 0) is 18.3 Å². The number of aromatic nitrogens is 2. The Morgan fingerprint density at radius 2 is 2.20 bits per heavy atom. The van der Waals surface area contributed by atoms with Crippen LogP contribution in [0.3, 0.4) is 0 Å². The van der Waals surface area contributed by atoms with Crippen LogP contribution in [0.2, 0.25) is 0 Å². The van der Waals surface area contributed by atoms with Crippen LogP contribution in [0.15, 0.2) is 0 Å². The summed E-state index contributed by atoms with van der Waals surface area (Å²) in [5.41, 5.74) is 2.86. The van der Waals surface area contributed by atoms with E-state index in [1.165, 1.54) is 0 Å². The molecule has 0 unspecified atom stereocenters. The molecule has 1 rings (SSSR count). The molecule has 1 heterocycles. The normalized spacial score (nSPS) is 10.4. The van der Waals surface area contributed by atoms with Gasteiger partial charge in [0.05, 0.1) is 18.7 Å². The van der Waals surface area contributed by atoms with E-state index in [9.17, 15) is 4.79 Å². The van der Waals surface area contributed by atoms with Gasteiger partial charge in [-0.15, -0.1) is 0 Å². The van der Waals surface area contributed by atoms with Gasteiger partial charge in [0.1, 0.15) is 0 Å². The first-order chi connectivity index (χ1) is 7.06. The van der Waals surface area contributed by atoms with E-state index in [2.05, 4.69) is 10.4 Å². The van der Waals surface area contributed by atoms with Crippen molar-refractivity contribution in [3.05, 3.63) is 17.0 Å². The van der Waals surface area contributed by atoms with E-state index in [1.807, 2.05) is 20.9 Å². The number of nitrogens with zero attached hydrogens (tertiary/aromatic N) is 2. The minimum atomic E-state index is -0.0803. The SMILES string of the molecule is Cc1nn(C)c(C)c1CC(=O)NCCO. The second kappa shape index (κ2) is 4.93. The summed E-state index contributed by atoms with van der Waals surface area (Å²) in [4.78, 5) is 11.4. The molecule has 0 bridgehead atoms. The number of nitrogens with one attached hydrogen (secondary N) is 1. The molecule has 1 aromatic heterocycles. The number of aliphatic hydroxyl groups excluding tert-OH is 1. The zero-order valence-corrected chi connectivity index (χ0v) is 9.37. The molecular formula is C10H17N3O2. The molecule has 0 atom stereocenters. The summed E-state index contributed by atoms with van der Waals surface area (Å²) < 4.78 is 1.77. The first-order valence-corrected chi connectivity index (χ1v) is 4.93. The van der Waals surface area contributed by atoms with Gasteiger partial charge in [0.25, 0.3) is 0 Å². The third-order valence-electron chi connectivity index (χ3n) is 2.43. The summed E-state index contributed by atoms with van der Waals surface area (Å²) in [5, 5.41) is 15.4. The van der Waals surface area contributed by atoms with Crippen LogP contribution >= 0.6 is 0 Å². The fraction of sp³-hybridized carbons (Fsp3) is 0.600. The van der Waals surface area contributed by atoms with Gasteiger partial charge in [0, 0.05) is 24.8 Å². The van der Waals surface area contributed by atoms with Gasteiger partial charge in [-0.1, -0.05) is 0 Å². The maximum Gasteiger partial charge on any atom is 0.224 e. The number of aryl methyl sites for hydroxylation is 2. The highest BCUT2D eigenvalue weighted by Gasteiger charge is 2.12. The molecule has 0 spiro atoms. The predicted octanol–water partition coefficient (Wildman–Crippen LogP) is -0.312. The Bertz CT molecular complexity index is 358. The number of carbonyl (C=O) groups is 1. The van der Waals surface area contributed by atoms with E-state index < -0.39 is 0 Å². The highest BCUT2D eigenvalue weighted by atomic mass is 16.3. The highest BCUT2D eigenvalue weighted by molar-refractivity contribution is 5.79. The van der Waals surface area contributed by atoms with Crippen LogP contribution in [0, 0.1) is 13.8 Å². The Kier molecular flexibility index (Phi) is 3.85. The third kappa shape index (κ3) is 2.79. The molecule has 0 fully saturated rings. The van der Waals surface area contributed by atoms with Gasteiger partial charge >= 0.3 is 0 Å². The zero-order valence-electron chi connectivity index (χ0n) is 9.37. The monoisotopic (exact) mass is 211 g/mol. The Balaban J connectivity index is 2.68. The first kappa shape index (κ1) is 11.7. The van der Waals surface area contributed by atoms with Crippen molar-refractivity contribution in [3.63, 3.8) is 0 Å². The molecule has 0 saturated heterocycles. The van der Waals surface area contributed by atoms with E-state index in [1.54, 1.807) is 4.68 Å². The largest absolute Gasteiger partial charge is 0.395 e. The minimum absolute atomic E-state index is 0.0310. The van der Waals surface area contributed by atoms with E-state index in [0.717, 1.165) is 17.0 Å². The van der Waals surface area contributed by atoms with Crippen LogP contribution in [0.1, 0.15) is 17.0 Å². The summed E-state index contributed by atoms with van der Waals surface area (Å²) in [6, 6.07) is 0. The van der Waals surface area contributed by atoms with Gasteiger partial charge in [0.15, 0.2) is 0 Å². The average molecular weight is 211 g/mol. The second-order valence-electron chi connectivity index (χ2n) is 3.52.